The molecule has 0 spiro atoms. The van der Waals surface area contributed by atoms with E-state index in [1.165, 1.54) is 32.1 Å². The lowest BCUT2D eigenvalue weighted by Crippen LogP contribution is -2.08. The van der Waals surface area contributed by atoms with Gasteiger partial charge in [0.1, 0.15) is 0 Å². The van der Waals surface area contributed by atoms with Crippen LogP contribution in [0.25, 0.3) is 0 Å². The van der Waals surface area contributed by atoms with Gasteiger partial charge < -0.3 is 9.47 Å². The zero-order valence-corrected chi connectivity index (χ0v) is 12.7. The summed E-state index contributed by atoms with van der Waals surface area (Å²) in [5.74, 6) is 0.923. The molecule has 0 radical (unpaired) electrons. The topological polar surface area (TPSA) is 35.5 Å². The molecular formula is C17H26O3. The first-order valence-electron chi connectivity index (χ1n) is 7.61. The summed E-state index contributed by atoms with van der Waals surface area (Å²) in [5.41, 5.74) is 0. The molecule has 0 aliphatic rings. The monoisotopic (exact) mass is 278 g/mol. The predicted molar refractivity (Wildman–Crippen MR) is 81.2 cm³/mol. The quantitative estimate of drug-likeness (QED) is 0.352. The maximum Gasteiger partial charge on any atom is 0.311 e. The van der Waals surface area contributed by atoms with Gasteiger partial charge >= 0.3 is 5.97 Å². The Kier molecular flexibility index (Phi) is 8.52. The first-order valence-corrected chi connectivity index (χ1v) is 7.61. The molecule has 0 aromatic heterocycles. The minimum Gasteiger partial charge on any atom is -0.493 e. The molecule has 0 fully saturated rings. The van der Waals surface area contributed by atoms with Crippen LogP contribution >= 0.6 is 0 Å². The molecular weight excluding hydrogens is 252 g/mol. The minimum absolute atomic E-state index is 0.178. The van der Waals surface area contributed by atoms with Gasteiger partial charge in [-0.05, 0) is 18.6 Å². The molecule has 0 atom stereocenters. The smallest absolute Gasteiger partial charge is 0.311 e. The van der Waals surface area contributed by atoms with Crippen molar-refractivity contribution in [2.75, 3.05) is 7.11 Å². The van der Waals surface area contributed by atoms with Crippen molar-refractivity contribution in [1.29, 1.82) is 0 Å². The highest BCUT2D eigenvalue weighted by molar-refractivity contribution is 5.73. The average Bonchev–Trinajstić information content (AvgIpc) is 2.47. The number of hydrogen-bond acceptors (Lipinski definition) is 3. The van der Waals surface area contributed by atoms with Gasteiger partial charge in [0.05, 0.1) is 7.11 Å². The van der Waals surface area contributed by atoms with Crippen LogP contribution in [0.5, 0.6) is 11.5 Å². The fraction of sp³-hybridized carbons (Fsp3) is 0.588. The van der Waals surface area contributed by atoms with Crippen LogP contribution in [-0.4, -0.2) is 13.1 Å². The van der Waals surface area contributed by atoms with Crippen LogP contribution in [0, 0.1) is 0 Å². The lowest BCUT2D eigenvalue weighted by atomic mass is 10.1. The van der Waals surface area contributed by atoms with Gasteiger partial charge in [-0.15, -0.1) is 0 Å². The van der Waals surface area contributed by atoms with Crippen LogP contribution in [-0.2, 0) is 4.79 Å². The van der Waals surface area contributed by atoms with Crippen molar-refractivity contribution in [1.82, 2.24) is 0 Å². The maximum atomic E-state index is 11.7. The number of benzene rings is 1. The number of methoxy groups -OCH3 is 1. The molecule has 1 aromatic rings. The highest BCUT2D eigenvalue weighted by Crippen LogP contribution is 2.26. The zero-order chi connectivity index (χ0) is 14.6. The SMILES string of the molecule is CCCCCCCCCC(=O)Oc1ccccc1OC. The summed E-state index contributed by atoms with van der Waals surface area (Å²) in [6, 6.07) is 7.23. The fourth-order valence-electron chi connectivity index (χ4n) is 2.10. The molecule has 0 bridgehead atoms. The first kappa shape index (κ1) is 16.5. The Hall–Kier alpha value is -1.51. The highest BCUT2D eigenvalue weighted by Gasteiger charge is 2.08. The van der Waals surface area contributed by atoms with Crippen LogP contribution in [0.2, 0.25) is 0 Å². The van der Waals surface area contributed by atoms with Gasteiger partial charge in [-0.1, -0.05) is 57.6 Å². The van der Waals surface area contributed by atoms with E-state index >= 15 is 0 Å². The van der Waals surface area contributed by atoms with Gasteiger partial charge in [-0.2, -0.15) is 0 Å². The molecule has 0 aliphatic heterocycles. The number of ether oxygens (including phenoxy) is 2. The molecule has 112 valence electrons. The number of rotatable bonds is 10. The molecule has 0 saturated carbocycles. The Balaban J connectivity index is 2.17. The second kappa shape index (κ2) is 10.3. The van der Waals surface area contributed by atoms with E-state index in [4.69, 9.17) is 9.47 Å². The molecule has 0 saturated heterocycles. The molecule has 1 aromatic carbocycles. The normalized spacial score (nSPS) is 10.3. The second-order valence-corrected chi connectivity index (χ2v) is 5.00. The van der Waals surface area contributed by atoms with E-state index in [1.807, 2.05) is 12.1 Å². The summed E-state index contributed by atoms with van der Waals surface area (Å²) in [4.78, 5) is 11.7. The third kappa shape index (κ3) is 6.60. The standard InChI is InChI=1S/C17H26O3/c1-3-4-5-6-7-8-9-14-17(18)20-16-13-11-10-12-15(16)19-2/h10-13H,3-9,14H2,1-2H3. The summed E-state index contributed by atoms with van der Waals surface area (Å²) >= 11 is 0. The Morgan fingerprint density at radius 3 is 2.20 bits per heavy atom. The van der Waals surface area contributed by atoms with Gasteiger partial charge in [0, 0.05) is 6.42 Å². The Morgan fingerprint density at radius 1 is 0.950 bits per heavy atom. The average molecular weight is 278 g/mol. The zero-order valence-electron chi connectivity index (χ0n) is 12.7. The number of unbranched alkanes of at least 4 members (excludes halogenated alkanes) is 6. The van der Waals surface area contributed by atoms with Crippen molar-refractivity contribution in [3.8, 4) is 11.5 Å². The van der Waals surface area contributed by atoms with Crippen LogP contribution in [0.3, 0.4) is 0 Å². The largest absolute Gasteiger partial charge is 0.493 e. The Labute approximate surface area is 122 Å². The molecule has 1 rings (SSSR count). The predicted octanol–water partition coefficient (Wildman–Crippen LogP) is 4.74. The van der Waals surface area contributed by atoms with E-state index in [9.17, 15) is 4.79 Å². The van der Waals surface area contributed by atoms with E-state index in [1.54, 1.807) is 19.2 Å². The number of esters is 1. The van der Waals surface area contributed by atoms with Crippen LogP contribution in [0.4, 0.5) is 0 Å². The molecule has 3 nitrogen and oxygen atoms in total. The van der Waals surface area contributed by atoms with Gasteiger partial charge in [0.15, 0.2) is 11.5 Å². The molecule has 20 heavy (non-hydrogen) atoms. The van der Waals surface area contributed by atoms with Crippen LogP contribution < -0.4 is 9.47 Å². The molecule has 0 amide bonds. The number of para-hydroxylation sites is 2. The highest BCUT2D eigenvalue weighted by atomic mass is 16.6. The molecule has 0 unspecified atom stereocenters. The summed E-state index contributed by atoms with van der Waals surface area (Å²) in [6.45, 7) is 2.22. The third-order valence-corrected chi connectivity index (χ3v) is 3.28. The Morgan fingerprint density at radius 2 is 1.55 bits per heavy atom. The van der Waals surface area contributed by atoms with E-state index in [-0.39, 0.29) is 5.97 Å². The van der Waals surface area contributed by atoms with E-state index in [0.29, 0.717) is 17.9 Å². The van der Waals surface area contributed by atoms with Crippen molar-refractivity contribution in [3.63, 3.8) is 0 Å². The van der Waals surface area contributed by atoms with Crippen molar-refractivity contribution in [2.45, 2.75) is 58.3 Å². The number of carbonyl (C=O) groups is 1. The second-order valence-electron chi connectivity index (χ2n) is 5.00. The molecule has 0 heterocycles. The van der Waals surface area contributed by atoms with E-state index in [0.717, 1.165) is 12.8 Å². The van der Waals surface area contributed by atoms with Crippen molar-refractivity contribution in [3.05, 3.63) is 24.3 Å². The maximum absolute atomic E-state index is 11.7. The molecule has 0 N–H and O–H groups in total. The van der Waals surface area contributed by atoms with Gasteiger partial charge in [0.25, 0.3) is 0 Å². The molecule has 3 heteroatoms. The minimum atomic E-state index is -0.178. The Bertz CT molecular complexity index is 388. The first-order chi connectivity index (χ1) is 9.77. The summed E-state index contributed by atoms with van der Waals surface area (Å²) < 4.78 is 10.5. The van der Waals surface area contributed by atoms with Gasteiger partial charge in [-0.25, -0.2) is 0 Å². The summed E-state index contributed by atoms with van der Waals surface area (Å²) in [6.07, 6.45) is 8.86. The van der Waals surface area contributed by atoms with E-state index in [2.05, 4.69) is 6.92 Å². The fourth-order valence-corrected chi connectivity index (χ4v) is 2.10. The lowest BCUT2D eigenvalue weighted by Gasteiger charge is -2.08. The summed E-state index contributed by atoms with van der Waals surface area (Å²) in [5, 5.41) is 0. The van der Waals surface area contributed by atoms with E-state index < -0.39 is 0 Å². The van der Waals surface area contributed by atoms with Gasteiger partial charge in [-0.3, -0.25) is 4.79 Å². The molecule has 0 aliphatic carbocycles. The summed E-state index contributed by atoms with van der Waals surface area (Å²) in [7, 11) is 1.57. The van der Waals surface area contributed by atoms with Crippen molar-refractivity contribution < 1.29 is 14.3 Å². The van der Waals surface area contributed by atoms with Gasteiger partial charge in [0.2, 0.25) is 0 Å². The van der Waals surface area contributed by atoms with Crippen molar-refractivity contribution in [2.24, 2.45) is 0 Å². The lowest BCUT2D eigenvalue weighted by molar-refractivity contribution is -0.134. The number of carbonyl (C=O) groups excluding carboxylic acids is 1. The van der Waals surface area contributed by atoms with Crippen LogP contribution in [0.15, 0.2) is 24.3 Å². The third-order valence-electron chi connectivity index (χ3n) is 3.28. The number of hydrogen-bond donors (Lipinski definition) is 0. The van der Waals surface area contributed by atoms with Crippen LogP contribution in [0.1, 0.15) is 58.3 Å². The van der Waals surface area contributed by atoms with Crippen molar-refractivity contribution >= 4 is 5.97 Å².